The van der Waals surface area contributed by atoms with E-state index in [0.29, 0.717) is 36.0 Å². The third-order valence-electron chi connectivity index (χ3n) is 4.42. The van der Waals surface area contributed by atoms with Crippen molar-refractivity contribution in [2.75, 3.05) is 20.3 Å². The Balaban J connectivity index is 1.87. The number of ether oxygens (including phenoxy) is 4. The van der Waals surface area contributed by atoms with Crippen molar-refractivity contribution in [3.05, 3.63) is 48.0 Å². The highest BCUT2D eigenvalue weighted by Crippen LogP contribution is 2.23. The van der Waals surface area contributed by atoms with Crippen LogP contribution >= 0.6 is 0 Å². The molecule has 2 aromatic carbocycles. The lowest BCUT2D eigenvalue weighted by atomic mass is 10.2. The molecule has 1 unspecified atom stereocenters. The van der Waals surface area contributed by atoms with Crippen LogP contribution in [0, 0.1) is 0 Å². The Kier molecular flexibility index (Phi) is 10.2. The largest absolute Gasteiger partial charge is 0.497 e. The molecule has 1 atom stereocenters. The predicted molar refractivity (Wildman–Crippen MR) is 121 cm³/mol. The quantitative estimate of drug-likeness (QED) is 0.287. The van der Waals surface area contributed by atoms with Crippen molar-refractivity contribution in [1.82, 2.24) is 5.43 Å². The molecule has 0 spiro atoms. The van der Waals surface area contributed by atoms with Gasteiger partial charge >= 0.3 is 0 Å². The average molecular weight is 429 g/mol. The number of nitrogens with one attached hydrogen (secondary N) is 1. The second-order valence-corrected chi connectivity index (χ2v) is 6.86. The number of benzene rings is 2. The molecule has 0 aliphatic heterocycles. The molecule has 0 saturated heterocycles. The number of unbranched alkanes of at least 4 members (excludes halogenated alkanes) is 2. The molecular weight excluding hydrogens is 396 g/mol. The van der Waals surface area contributed by atoms with E-state index in [9.17, 15) is 4.79 Å². The number of hydrogen-bond donors (Lipinski definition) is 1. The van der Waals surface area contributed by atoms with Crippen molar-refractivity contribution in [2.24, 2.45) is 5.10 Å². The molecule has 0 aliphatic rings. The first-order chi connectivity index (χ1) is 15.1. The first-order valence-corrected chi connectivity index (χ1v) is 10.6. The van der Waals surface area contributed by atoms with E-state index in [2.05, 4.69) is 17.5 Å². The van der Waals surface area contributed by atoms with Gasteiger partial charge in [0.15, 0.2) is 6.10 Å². The van der Waals surface area contributed by atoms with Crippen molar-refractivity contribution >= 4 is 12.1 Å². The van der Waals surface area contributed by atoms with E-state index >= 15 is 0 Å². The summed E-state index contributed by atoms with van der Waals surface area (Å²) in [7, 11) is 1.59. The van der Waals surface area contributed by atoms with Gasteiger partial charge in [0.1, 0.15) is 23.0 Å². The van der Waals surface area contributed by atoms with Gasteiger partial charge in [-0.2, -0.15) is 5.10 Å². The Labute approximate surface area is 184 Å². The molecule has 2 rings (SSSR count). The third-order valence-corrected chi connectivity index (χ3v) is 4.42. The smallest absolute Gasteiger partial charge is 0.280 e. The van der Waals surface area contributed by atoms with Gasteiger partial charge in [-0.25, -0.2) is 5.43 Å². The maximum Gasteiger partial charge on any atom is 0.280 e. The second kappa shape index (κ2) is 13.2. The number of hydrazone groups is 1. The normalized spacial score (nSPS) is 11.7. The minimum absolute atomic E-state index is 0.364. The summed E-state index contributed by atoms with van der Waals surface area (Å²) in [6, 6.07) is 12.6. The van der Waals surface area contributed by atoms with Crippen LogP contribution in [0.4, 0.5) is 0 Å². The molecule has 168 valence electrons. The Hall–Kier alpha value is -3.22. The molecule has 31 heavy (non-hydrogen) atoms. The second-order valence-electron chi connectivity index (χ2n) is 6.86. The van der Waals surface area contributed by atoms with E-state index in [0.717, 1.165) is 25.0 Å². The van der Waals surface area contributed by atoms with Gasteiger partial charge in [-0.1, -0.05) is 19.8 Å². The maximum absolute atomic E-state index is 12.3. The highest BCUT2D eigenvalue weighted by Gasteiger charge is 2.14. The average Bonchev–Trinajstić information content (AvgIpc) is 2.78. The van der Waals surface area contributed by atoms with Gasteiger partial charge in [0.05, 0.1) is 26.5 Å². The van der Waals surface area contributed by atoms with Gasteiger partial charge in [-0.05, 0) is 62.7 Å². The molecule has 0 radical (unpaired) electrons. The van der Waals surface area contributed by atoms with Crippen molar-refractivity contribution < 1.29 is 23.7 Å². The van der Waals surface area contributed by atoms with E-state index in [1.165, 1.54) is 6.21 Å². The molecule has 0 fully saturated rings. The van der Waals surface area contributed by atoms with Crippen molar-refractivity contribution in [3.63, 3.8) is 0 Å². The Bertz CT molecular complexity index is 836. The van der Waals surface area contributed by atoms with Crippen LogP contribution in [-0.2, 0) is 4.79 Å². The van der Waals surface area contributed by atoms with Gasteiger partial charge in [-0.3, -0.25) is 4.79 Å². The van der Waals surface area contributed by atoms with Crippen molar-refractivity contribution in [2.45, 2.75) is 46.1 Å². The first kappa shape index (κ1) is 24.1. The minimum atomic E-state index is -0.717. The summed E-state index contributed by atoms with van der Waals surface area (Å²) in [4.78, 5) is 12.3. The Morgan fingerprint density at radius 3 is 2.42 bits per heavy atom. The monoisotopic (exact) mass is 428 g/mol. The molecule has 0 heterocycles. The number of rotatable bonds is 13. The highest BCUT2D eigenvalue weighted by molar-refractivity contribution is 5.86. The lowest BCUT2D eigenvalue weighted by molar-refractivity contribution is -0.127. The van der Waals surface area contributed by atoms with Gasteiger partial charge in [0.25, 0.3) is 5.91 Å². The summed E-state index contributed by atoms with van der Waals surface area (Å²) in [6.45, 7) is 6.94. The summed E-state index contributed by atoms with van der Waals surface area (Å²) in [5, 5.41) is 4.03. The van der Waals surface area contributed by atoms with E-state index in [-0.39, 0.29) is 5.91 Å². The topological polar surface area (TPSA) is 78.4 Å². The lowest BCUT2D eigenvalue weighted by Gasteiger charge is -2.13. The summed E-state index contributed by atoms with van der Waals surface area (Å²) in [5.74, 6) is 2.33. The standard InChI is InChI=1S/C24H32N2O5/c1-5-7-8-15-30-20-9-11-21(12-10-20)31-18(3)24(27)26-25-17-19-16-22(28-4)13-14-23(19)29-6-2/h9-14,16-18H,5-8,15H2,1-4H3,(H,26,27). The van der Waals surface area contributed by atoms with Crippen LogP contribution in [-0.4, -0.2) is 38.5 Å². The number of amides is 1. The van der Waals surface area contributed by atoms with Crippen LogP contribution < -0.4 is 24.4 Å². The number of methoxy groups -OCH3 is 1. The van der Waals surface area contributed by atoms with Crippen LogP contribution in [0.15, 0.2) is 47.6 Å². The van der Waals surface area contributed by atoms with E-state index in [1.807, 2.05) is 19.1 Å². The molecule has 0 bridgehead atoms. The summed E-state index contributed by atoms with van der Waals surface area (Å²) in [6.07, 6.45) is 4.15. The van der Waals surface area contributed by atoms with Crippen LogP contribution in [0.1, 0.15) is 45.6 Å². The number of carbonyl (C=O) groups is 1. The van der Waals surface area contributed by atoms with Crippen molar-refractivity contribution in [1.29, 1.82) is 0 Å². The van der Waals surface area contributed by atoms with Gasteiger partial charge in [0.2, 0.25) is 0 Å². The molecule has 0 aliphatic carbocycles. The van der Waals surface area contributed by atoms with Crippen LogP contribution in [0.25, 0.3) is 0 Å². The molecule has 1 amide bonds. The lowest BCUT2D eigenvalue weighted by Crippen LogP contribution is -2.33. The first-order valence-electron chi connectivity index (χ1n) is 10.6. The summed E-state index contributed by atoms with van der Waals surface area (Å²) >= 11 is 0. The molecular formula is C24H32N2O5. The Morgan fingerprint density at radius 1 is 1.03 bits per heavy atom. The number of hydrogen-bond acceptors (Lipinski definition) is 6. The summed E-state index contributed by atoms with van der Waals surface area (Å²) < 4.78 is 22.2. The van der Waals surface area contributed by atoms with Crippen LogP contribution in [0.5, 0.6) is 23.0 Å². The number of carbonyl (C=O) groups excluding carboxylic acids is 1. The maximum atomic E-state index is 12.3. The molecule has 1 N–H and O–H groups in total. The zero-order chi connectivity index (χ0) is 22.5. The summed E-state index contributed by atoms with van der Waals surface area (Å²) in [5.41, 5.74) is 3.19. The van der Waals surface area contributed by atoms with Crippen molar-refractivity contribution in [3.8, 4) is 23.0 Å². The highest BCUT2D eigenvalue weighted by atomic mass is 16.5. The minimum Gasteiger partial charge on any atom is -0.497 e. The molecule has 2 aromatic rings. The van der Waals surface area contributed by atoms with Crippen LogP contribution in [0.2, 0.25) is 0 Å². The number of nitrogens with zero attached hydrogens (tertiary/aromatic N) is 1. The third kappa shape index (κ3) is 8.20. The fourth-order valence-electron chi connectivity index (χ4n) is 2.71. The SMILES string of the molecule is CCCCCOc1ccc(OC(C)C(=O)NN=Cc2cc(OC)ccc2OCC)cc1. The van der Waals surface area contributed by atoms with Crippen LogP contribution in [0.3, 0.4) is 0 Å². The van der Waals surface area contributed by atoms with E-state index in [1.54, 1.807) is 44.4 Å². The molecule has 0 aromatic heterocycles. The van der Waals surface area contributed by atoms with Gasteiger partial charge < -0.3 is 18.9 Å². The molecule has 0 saturated carbocycles. The zero-order valence-electron chi connectivity index (χ0n) is 18.7. The molecule has 7 heteroatoms. The Morgan fingerprint density at radius 2 is 1.74 bits per heavy atom. The van der Waals surface area contributed by atoms with Gasteiger partial charge in [-0.15, -0.1) is 0 Å². The predicted octanol–water partition coefficient (Wildman–Crippen LogP) is 4.58. The molecule has 7 nitrogen and oxygen atoms in total. The van der Waals surface area contributed by atoms with E-state index in [4.69, 9.17) is 18.9 Å². The van der Waals surface area contributed by atoms with Gasteiger partial charge in [0, 0.05) is 5.56 Å². The van der Waals surface area contributed by atoms with E-state index < -0.39 is 6.10 Å². The fourth-order valence-corrected chi connectivity index (χ4v) is 2.71. The fraction of sp³-hybridized carbons (Fsp3) is 0.417. The zero-order valence-corrected chi connectivity index (χ0v) is 18.7.